The van der Waals surface area contributed by atoms with Crippen molar-refractivity contribution in [1.82, 2.24) is 9.88 Å². The van der Waals surface area contributed by atoms with Crippen molar-refractivity contribution in [2.75, 3.05) is 13.2 Å². The number of pyridine rings is 1. The molecule has 1 aliphatic heterocycles. The number of Topliss-reactive ketones (excluding diaryl/α,β-unsaturated/α-hetero) is 1. The van der Waals surface area contributed by atoms with E-state index in [0.29, 0.717) is 40.8 Å². The van der Waals surface area contributed by atoms with Crippen molar-refractivity contribution in [3.05, 3.63) is 98.5 Å². The van der Waals surface area contributed by atoms with E-state index in [4.69, 9.17) is 32.7 Å². The van der Waals surface area contributed by atoms with Crippen LogP contribution < -0.4 is 0 Å². The highest BCUT2D eigenvalue weighted by molar-refractivity contribution is 6.30. The highest BCUT2D eigenvalue weighted by atomic mass is 35.5. The van der Waals surface area contributed by atoms with Crippen molar-refractivity contribution in [3.8, 4) is 0 Å². The van der Waals surface area contributed by atoms with Gasteiger partial charge in [-0.15, -0.1) is 0 Å². The van der Waals surface area contributed by atoms with Crippen LogP contribution in [0.4, 0.5) is 4.39 Å². The summed E-state index contributed by atoms with van der Waals surface area (Å²) in [4.78, 5) is 32.2. The maximum absolute atomic E-state index is 16.4. The summed E-state index contributed by atoms with van der Waals surface area (Å²) >= 11 is 12.2. The lowest BCUT2D eigenvalue weighted by molar-refractivity contribution is -0.149. The van der Waals surface area contributed by atoms with Crippen LogP contribution in [0.25, 0.3) is 0 Å². The van der Waals surface area contributed by atoms with Gasteiger partial charge in [0.05, 0.1) is 41.1 Å². The smallest absolute Gasteiger partial charge is 0.257 e. The average molecular weight is 587 g/mol. The number of hydrogen-bond acceptors (Lipinski definition) is 6. The molecular weight excluding hydrogens is 558 g/mol. The molecule has 3 aromatic rings. The number of carbonyl (C=O) groups excluding carboxylic acids is 2. The lowest BCUT2D eigenvalue weighted by Crippen LogP contribution is -2.48. The Morgan fingerprint density at radius 3 is 2.50 bits per heavy atom. The van der Waals surface area contributed by atoms with E-state index in [1.807, 2.05) is 0 Å². The molecule has 2 aliphatic rings. The number of aliphatic hydroxyl groups is 1. The van der Waals surface area contributed by atoms with Crippen LogP contribution in [-0.2, 0) is 32.1 Å². The first-order valence-corrected chi connectivity index (χ1v) is 13.8. The molecule has 0 radical (unpaired) electrons. The van der Waals surface area contributed by atoms with Crippen molar-refractivity contribution in [1.29, 1.82) is 0 Å². The number of amides is 1. The Bertz CT molecular complexity index is 1430. The Kier molecular flexibility index (Phi) is 8.01. The summed E-state index contributed by atoms with van der Waals surface area (Å²) in [6.07, 6.45) is 1.84. The second kappa shape index (κ2) is 11.2. The number of rotatable bonds is 9. The van der Waals surface area contributed by atoms with Crippen LogP contribution in [0, 0.1) is 5.82 Å². The number of ketones is 1. The summed E-state index contributed by atoms with van der Waals surface area (Å²) < 4.78 is 28.5. The van der Waals surface area contributed by atoms with Crippen molar-refractivity contribution in [2.24, 2.45) is 0 Å². The van der Waals surface area contributed by atoms with Gasteiger partial charge in [0.25, 0.3) is 5.91 Å². The van der Waals surface area contributed by atoms with Gasteiger partial charge in [0.2, 0.25) is 5.72 Å². The molecule has 10 heteroatoms. The van der Waals surface area contributed by atoms with Crippen LogP contribution in [0.15, 0.2) is 54.7 Å². The van der Waals surface area contributed by atoms with Gasteiger partial charge in [0.15, 0.2) is 0 Å². The summed E-state index contributed by atoms with van der Waals surface area (Å²) in [5.74, 6) is -1.21. The number of carbonyl (C=O) groups is 2. The molecule has 1 aromatic heterocycles. The van der Waals surface area contributed by atoms with Gasteiger partial charge < -0.3 is 14.6 Å². The maximum Gasteiger partial charge on any atom is 0.257 e. The predicted molar refractivity (Wildman–Crippen MR) is 148 cm³/mol. The zero-order chi connectivity index (χ0) is 28.7. The Hall–Kier alpha value is -2.88. The van der Waals surface area contributed by atoms with Gasteiger partial charge in [-0.25, -0.2) is 4.39 Å². The molecule has 1 amide bonds. The SMILES string of the molecule is CCOC[C@@](C)(O)c1cc(F)c2c(c1)C(=O)N(Cc1ccc(Cl)cn1)[C@@]2(O[C@H]1CCC(=O)C1)c1ccc(Cl)cc1. The molecule has 5 rings (SSSR count). The summed E-state index contributed by atoms with van der Waals surface area (Å²) in [5, 5.41) is 12.0. The zero-order valence-electron chi connectivity index (χ0n) is 22.1. The first kappa shape index (κ1) is 28.6. The molecule has 1 saturated carbocycles. The van der Waals surface area contributed by atoms with E-state index in [1.165, 1.54) is 30.2 Å². The first-order valence-electron chi connectivity index (χ1n) is 13.1. The van der Waals surface area contributed by atoms with Crippen molar-refractivity contribution in [2.45, 2.75) is 57.1 Å². The fraction of sp³-hybridized carbons (Fsp3) is 0.367. The molecule has 3 atom stereocenters. The van der Waals surface area contributed by atoms with Crippen LogP contribution in [0.2, 0.25) is 10.0 Å². The standard InChI is InChI=1S/C30H29Cl2FN2O5/c1-3-39-17-29(2,38)19-12-25-27(26(33)13-19)30(18-4-6-20(31)7-5-18,40-24-11-10-23(36)14-24)35(28(25)37)16-22-9-8-21(32)15-34-22/h4-9,12-13,15,24,38H,3,10-11,14,16-17H2,1-2H3/t24-,29+,30+/m0/s1. The first-order chi connectivity index (χ1) is 19.0. The minimum Gasteiger partial charge on any atom is -0.383 e. The van der Waals surface area contributed by atoms with E-state index in [9.17, 15) is 14.7 Å². The second-order valence-corrected chi connectivity index (χ2v) is 11.2. The van der Waals surface area contributed by atoms with Gasteiger partial charge in [-0.1, -0.05) is 35.3 Å². The van der Waals surface area contributed by atoms with Crippen LogP contribution in [-0.4, -0.2) is 46.0 Å². The average Bonchev–Trinajstić information content (AvgIpc) is 3.43. The molecule has 7 nitrogen and oxygen atoms in total. The number of benzene rings is 2. The van der Waals surface area contributed by atoms with Gasteiger partial charge in [0, 0.05) is 36.2 Å². The topological polar surface area (TPSA) is 89.0 Å². The molecule has 0 spiro atoms. The predicted octanol–water partition coefficient (Wildman–Crippen LogP) is 5.77. The number of nitrogens with zero attached hydrogens (tertiary/aromatic N) is 2. The summed E-state index contributed by atoms with van der Waals surface area (Å²) in [6, 6.07) is 12.7. The largest absolute Gasteiger partial charge is 0.383 e. The van der Waals surface area contributed by atoms with Gasteiger partial charge in [0.1, 0.15) is 17.2 Å². The summed E-state index contributed by atoms with van der Waals surface area (Å²) in [5.41, 5.74) is -2.09. The molecular formula is C30H29Cl2FN2O5. The molecule has 210 valence electrons. The Morgan fingerprint density at radius 2 is 1.88 bits per heavy atom. The third-order valence-corrected chi connectivity index (χ3v) is 7.85. The highest BCUT2D eigenvalue weighted by Gasteiger charge is 2.56. The van der Waals surface area contributed by atoms with Gasteiger partial charge in [-0.3, -0.25) is 19.5 Å². The third-order valence-electron chi connectivity index (χ3n) is 7.38. The molecule has 40 heavy (non-hydrogen) atoms. The van der Waals surface area contributed by atoms with Gasteiger partial charge in [-0.2, -0.15) is 0 Å². The zero-order valence-corrected chi connectivity index (χ0v) is 23.6. The van der Waals surface area contributed by atoms with E-state index >= 15 is 4.39 Å². The van der Waals surface area contributed by atoms with Crippen molar-refractivity contribution >= 4 is 34.9 Å². The maximum atomic E-state index is 16.4. The molecule has 1 fully saturated rings. The van der Waals surface area contributed by atoms with Crippen molar-refractivity contribution < 1.29 is 28.6 Å². The molecule has 0 bridgehead atoms. The molecule has 0 saturated heterocycles. The second-order valence-electron chi connectivity index (χ2n) is 10.3. The Labute approximate surface area is 241 Å². The lowest BCUT2D eigenvalue weighted by atomic mass is 9.88. The van der Waals surface area contributed by atoms with Crippen LogP contribution in [0.3, 0.4) is 0 Å². The summed E-state index contributed by atoms with van der Waals surface area (Å²) in [7, 11) is 0. The molecule has 2 heterocycles. The Morgan fingerprint density at radius 1 is 1.15 bits per heavy atom. The van der Waals surface area contributed by atoms with Crippen molar-refractivity contribution in [3.63, 3.8) is 0 Å². The van der Waals surface area contributed by atoms with E-state index in [0.717, 1.165) is 0 Å². The molecule has 2 aromatic carbocycles. The van der Waals surface area contributed by atoms with E-state index in [2.05, 4.69) is 4.98 Å². The third kappa shape index (κ3) is 5.27. The lowest BCUT2D eigenvalue weighted by Gasteiger charge is -2.41. The quantitative estimate of drug-likeness (QED) is 0.342. The fourth-order valence-corrected chi connectivity index (χ4v) is 5.61. The minimum atomic E-state index is -1.73. The number of aromatic nitrogens is 1. The van der Waals surface area contributed by atoms with Crippen LogP contribution in [0.5, 0.6) is 0 Å². The van der Waals surface area contributed by atoms with E-state index in [1.54, 1.807) is 43.3 Å². The monoisotopic (exact) mass is 586 g/mol. The normalized spacial score (nSPS) is 22.1. The molecule has 1 N–H and O–H groups in total. The molecule has 1 aliphatic carbocycles. The van der Waals surface area contributed by atoms with Gasteiger partial charge >= 0.3 is 0 Å². The van der Waals surface area contributed by atoms with Gasteiger partial charge in [-0.05, 0) is 62.2 Å². The van der Waals surface area contributed by atoms with E-state index < -0.39 is 29.2 Å². The summed E-state index contributed by atoms with van der Waals surface area (Å²) in [6.45, 7) is 3.52. The number of halogens is 3. The van der Waals surface area contributed by atoms with E-state index in [-0.39, 0.29) is 42.0 Å². The van der Waals surface area contributed by atoms with Crippen LogP contribution in [0.1, 0.15) is 65.9 Å². The number of ether oxygens (including phenoxy) is 2. The minimum absolute atomic E-state index is 0.00379. The van der Waals surface area contributed by atoms with Crippen LogP contribution >= 0.6 is 23.2 Å². The number of fused-ring (bicyclic) bond motifs is 1. The highest BCUT2D eigenvalue weighted by Crippen LogP contribution is 2.50. The number of hydrogen-bond donors (Lipinski definition) is 1. The Balaban J connectivity index is 1.73. The fourth-order valence-electron chi connectivity index (χ4n) is 5.37. The molecule has 0 unspecified atom stereocenters.